The van der Waals surface area contributed by atoms with E-state index in [1.54, 1.807) is 6.20 Å². The van der Waals surface area contributed by atoms with Gasteiger partial charge in [0.2, 0.25) is 0 Å². The lowest BCUT2D eigenvalue weighted by molar-refractivity contribution is 0.361. The molecule has 4 nitrogen and oxygen atoms in total. The molecule has 0 bridgehead atoms. The van der Waals surface area contributed by atoms with Gasteiger partial charge in [0.1, 0.15) is 12.4 Å². The Morgan fingerprint density at radius 2 is 2.26 bits per heavy atom. The SMILES string of the molecule is CN/C=C(NN)\C(C)=C/COc1cccc(CCl)c1. The molecule has 0 atom stereocenters. The lowest BCUT2D eigenvalue weighted by Crippen LogP contribution is -2.23. The molecular formula is C14H20ClN3O. The Hall–Kier alpha value is -1.65. The van der Waals surface area contributed by atoms with Gasteiger partial charge < -0.3 is 15.5 Å². The topological polar surface area (TPSA) is 59.3 Å². The van der Waals surface area contributed by atoms with E-state index in [9.17, 15) is 0 Å². The van der Waals surface area contributed by atoms with Crippen LogP contribution in [-0.4, -0.2) is 13.7 Å². The second-order valence-corrected chi connectivity index (χ2v) is 4.24. The number of ether oxygens (including phenoxy) is 1. The van der Waals surface area contributed by atoms with Gasteiger partial charge in [-0.15, -0.1) is 11.6 Å². The van der Waals surface area contributed by atoms with Crippen molar-refractivity contribution in [1.29, 1.82) is 0 Å². The molecule has 1 aromatic carbocycles. The molecule has 5 heteroatoms. The van der Waals surface area contributed by atoms with E-state index in [0.29, 0.717) is 12.5 Å². The largest absolute Gasteiger partial charge is 0.490 e. The van der Waals surface area contributed by atoms with Gasteiger partial charge >= 0.3 is 0 Å². The summed E-state index contributed by atoms with van der Waals surface area (Å²) in [6.45, 7) is 2.43. The van der Waals surface area contributed by atoms with Crippen molar-refractivity contribution >= 4 is 11.6 Å². The van der Waals surface area contributed by atoms with E-state index in [1.807, 2.05) is 44.3 Å². The number of alkyl halides is 1. The second kappa shape index (κ2) is 8.45. The van der Waals surface area contributed by atoms with Gasteiger partial charge in [0, 0.05) is 19.1 Å². The second-order valence-electron chi connectivity index (χ2n) is 3.97. The molecule has 1 aromatic rings. The van der Waals surface area contributed by atoms with E-state index in [-0.39, 0.29) is 0 Å². The molecule has 0 aliphatic carbocycles. The van der Waals surface area contributed by atoms with Gasteiger partial charge in [-0.2, -0.15) is 0 Å². The van der Waals surface area contributed by atoms with Crippen molar-refractivity contribution < 1.29 is 4.74 Å². The first-order valence-electron chi connectivity index (χ1n) is 6.00. The number of halogens is 1. The van der Waals surface area contributed by atoms with Crippen LogP contribution in [-0.2, 0) is 5.88 Å². The van der Waals surface area contributed by atoms with Crippen LogP contribution in [0.1, 0.15) is 12.5 Å². The fourth-order valence-corrected chi connectivity index (χ4v) is 1.67. The number of rotatable bonds is 7. The Balaban J connectivity index is 2.59. The third-order valence-corrected chi connectivity index (χ3v) is 2.87. The maximum absolute atomic E-state index is 5.77. The van der Waals surface area contributed by atoms with Crippen molar-refractivity contribution in [3.05, 3.63) is 53.4 Å². The minimum absolute atomic E-state index is 0.473. The molecule has 0 spiro atoms. The number of allylic oxidation sites excluding steroid dienone is 1. The number of hydrogen-bond acceptors (Lipinski definition) is 4. The Labute approximate surface area is 119 Å². The zero-order valence-corrected chi connectivity index (χ0v) is 12.0. The van der Waals surface area contributed by atoms with Gasteiger partial charge in [-0.3, -0.25) is 5.84 Å². The number of benzene rings is 1. The molecule has 0 aliphatic rings. The molecule has 19 heavy (non-hydrogen) atoms. The highest BCUT2D eigenvalue weighted by molar-refractivity contribution is 6.17. The molecule has 104 valence electrons. The first kappa shape index (κ1) is 15.4. The Bertz CT molecular complexity index is 458. The molecule has 0 aliphatic heterocycles. The van der Waals surface area contributed by atoms with Gasteiger partial charge in [-0.25, -0.2) is 0 Å². The lowest BCUT2D eigenvalue weighted by atomic mass is 10.2. The highest BCUT2D eigenvalue weighted by atomic mass is 35.5. The fourth-order valence-electron chi connectivity index (χ4n) is 1.50. The summed E-state index contributed by atoms with van der Waals surface area (Å²) >= 11 is 5.77. The van der Waals surface area contributed by atoms with Crippen LogP contribution in [0, 0.1) is 0 Å². The molecule has 0 radical (unpaired) electrons. The molecule has 0 saturated carbocycles. The highest BCUT2D eigenvalue weighted by Crippen LogP contribution is 2.15. The fraction of sp³-hybridized carbons (Fsp3) is 0.286. The zero-order chi connectivity index (χ0) is 14.1. The maximum atomic E-state index is 5.77. The van der Waals surface area contributed by atoms with E-state index >= 15 is 0 Å². The van der Waals surface area contributed by atoms with Crippen molar-refractivity contribution in [2.75, 3.05) is 13.7 Å². The van der Waals surface area contributed by atoms with Crippen LogP contribution in [0.4, 0.5) is 0 Å². The standard InChI is InChI=1S/C14H20ClN3O/c1-11(14(18-16)10-17-2)6-7-19-13-5-3-4-12(8-13)9-15/h3-6,8,10,17-18H,7,9,16H2,1-2H3/b11-6-,14-10+. The monoisotopic (exact) mass is 281 g/mol. The predicted octanol–water partition coefficient (Wildman–Crippen LogP) is 2.27. The molecule has 1 rings (SSSR count). The summed E-state index contributed by atoms with van der Waals surface area (Å²) in [5.41, 5.74) is 5.49. The van der Waals surface area contributed by atoms with Crippen LogP contribution in [0.2, 0.25) is 0 Å². The van der Waals surface area contributed by atoms with Crippen molar-refractivity contribution in [2.24, 2.45) is 5.84 Å². The summed E-state index contributed by atoms with van der Waals surface area (Å²) in [7, 11) is 1.82. The quantitative estimate of drug-likeness (QED) is 0.311. The highest BCUT2D eigenvalue weighted by Gasteiger charge is 1.98. The third kappa shape index (κ3) is 5.24. The number of hydrazine groups is 1. The van der Waals surface area contributed by atoms with Gasteiger partial charge in [0.05, 0.1) is 5.70 Å². The molecule has 4 N–H and O–H groups in total. The molecule has 0 amide bonds. The lowest BCUT2D eigenvalue weighted by Gasteiger charge is -2.08. The van der Waals surface area contributed by atoms with Gasteiger partial charge in [0.15, 0.2) is 0 Å². The van der Waals surface area contributed by atoms with Crippen LogP contribution < -0.4 is 21.3 Å². The van der Waals surface area contributed by atoms with E-state index in [4.69, 9.17) is 22.2 Å². The molecular weight excluding hydrogens is 262 g/mol. The van der Waals surface area contributed by atoms with Crippen molar-refractivity contribution in [3.63, 3.8) is 0 Å². The van der Waals surface area contributed by atoms with Gasteiger partial charge in [0.25, 0.3) is 0 Å². The first-order chi connectivity index (χ1) is 9.21. The molecule has 0 unspecified atom stereocenters. The van der Waals surface area contributed by atoms with Crippen LogP contribution in [0.15, 0.2) is 47.8 Å². The average molecular weight is 282 g/mol. The molecule has 0 saturated heterocycles. The summed E-state index contributed by atoms with van der Waals surface area (Å²) in [6.07, 6.45) is 3.75. The van der Waals surface area contributed by atoms with E-state index in [2.05, 4.69) is 10.7 Å². The maximum Gasteiger partial charge on any atom is 0.120 e. The van der Waals surface area contributed by atoms with Gasteiger partial charge in [-0.05, 0) is 36.3 Å². The predicted molar refractivity (Wildman–Crippen MR) is 79.7 cm³/mol. The number of nitrogens with one attached hydrogen (secondary N) is 2. The summed E-state index contributed by atoms with van der Waals surface area (Å²) < 4.78 is 5.64. The molecule has 0 aromatic heterocycles. The van der Waals surface area contributed by atoms with E-state index in [1.165, 1.54) is 0 Å². The number of hydrogen-bond donors (Lipinski definition) is 3. The minimum atomic E-state index is 0.473. The minimum Gasteiger partial charge on any atom is -0.490 e. The summed E-state index contributed by atoms with van der Waals surface area (Å²) in [5.74, 6) is 6.72. The van der Waals surface area contributed by atoms with E-state index in [0.717, 1.165) is 22.6 Å². The van der Waals surface area contributed by atoms with Crippen molar-refractivity contribution in [3.8, 4) is 5.75 Å². The van der Waals surface area contributed by atoms with Crippen LogP contribution in [0.3, 0.4) is 0 Å². The third-order valence-electron chi connectivity index (χ3n) is 2.56. The Morgan fingerprint density at radius 1 is 1.47 bits per heavy atom. The normalized spacial score (nSPS) is 12.2. The average Bonchev–Trinajstić information content (AvgIpc) is 2.44. The first-order valence-corrected chi connectivity index (χ1v) is 6.53. The summed E-state index contributed by atoms with van der Waals surface area (Å²) in [5, 5.41) is 2.92. The van der Waals surface area contributed by atoms with Crippen LogP contribution in [0.25, 0.3) is 0 Å². The summed E-state index contributed by atoms with van der Waals surface area (Å²) in [4.78, 5) is 0. The van der Waals surface area contributed by atoms with E-state index < -0.39 is 0 Å². The smallest absolute Gasteiger partial charge is 0.120 e. The van der Waals surface area contributed by atoms with Crippen molar-refractivity contribution in [1.82, 2.24) is 10.7 Å². The van der Waals surface area contributed by atoms with Gasteiger partial charge in [-0.1, -0.05) is 12.1 Å². The zero-order valence-electron chi connectivity index (χ0n) is 11.2. The van der Waals surface area contributed by atoms with Crippen LogP contribution >= 0.6 is 11.6 Å². The van der Waals surface area contributed by atoms with Crippen LogP contribution in [0.5, 0.6) is 5.75 Å². The van der Waals surface area contributed by atoms with Crippen molar-refractivity contribution in [2.45, 2.75) is 12.8 Å². The number of nitrogens with two attached hydrogens (primary N) is 1. The Kier molecular flexibility index (Phi) is 6.85. The molecule has 0 heterocycles. The molecule has 0 fully saturated rings. The summed E-state index contributed by atoms with van der Waals surface area (Å²) in [6, 6.07) is 7.73. The Morgan fingerprint density at radius 3 is 2.89 bits per heavy atom.